The normalized spacial score (nSPS) is 25.3. The number of nitrogens with zero attached hydrogens (tertiary/aromatic N) is 3. The van der Waals surface area contributed by atoms with Crippen molar-refractivity contribution in [1.82, 2.24) is 9.97 Å². The van der Waals surface area contributed by atoms with Crippen LogP contribution in [-0.4, -0.2) is 63.7 Å². The molecular weight excluding hydrogens is 452 g/mol. The van der Waals surface area contributed by atoms with E-state index in [-0.39, 0.29) is 30.4 Å². The van der Waals surface area contributed by atoms with E-state index in [2.05, 4.69) is 15.3 Å². The van der Waals surface area contributed by atoms with Crippen molar-refractivity contribution < 1.29 is 23.9 Å². The van der Waals surface area contributed by atoms with E-state index in [9.17, 15) is 14.7 Å². The first-order valence-electron chi connectivity index (χ1n) is 11.4. The smallest absolute Gasteiger partial charge is 0.348 e. The van der Waals surface area contributed by atoms with Gasteiger partial charge in [-0.2, -0.15) is 11.3 Å². The van der Waals surface area contributed by atoms with Crippen molar-refractivity contribution in [1.29, 1.82) is 0 Å². The van der Waals surface area contributed by atoms with E-state index in [0.717, 1.165) is 25.9 Å². The number of amides is 1. The molecule has 3 aliphatic rings. The van der Waals surface area contributed by atoms with Gasteiger partial charge in [-0.05, 0) is 28.5 Å². The zero-order chi connectivity index (χ0) is 23.6. The van der Waals surface area contributed by atoms with Crippen LogP contribution in [0.15, 0.2) is 65.6 Å². The number of aliphatic hydroxyl groups is 1. The summed E-state index contributed by atoms with van der Waals surface area (Å²) in [6.07, 6.45) is 4.55. The number of quaternary nitrogens is 1. The van der Waals surface area contributed by atoms with Crippen molar-refractivity contribution in [3.63, 3.8) is 0 Å². The zero-order valence-corrected chi connectivity index (χ0v) is 19.5. The fourth-order valence-electron chi connectivity index (χ4n) is 5.18. The maximum atomic E-state index is 13.5. The Morgan fingerprint density at radius 1 is 1.09 bits per heavy atom. The number of piperidine rings is 3. The quantitative estimate of drug-likeness (QED) is 0.399. The SMILES string of the molecule is O=C(C[N+]12CCC(CC1)[C@@H](OC(=O)C(O)(c1ccccc1)c1ccsc1)C2)Nc1ncccn1. The van der Waals surface area contributed by atoms with Crippen molar-refractivity contribution in [2.45, 2.75) is 24.5 Å². The predicted octanol–water partition coefficient (Wildman–Crippen LogP) is 2.56. The van der Waals surface area contributed by atoms with E-state index in [1.807, 2.05) is 11.4 Å². The van der Waals surface area contributed by atoms with Crippen molar-refractivity contribution in [3.8, 4) is 0 Å². The second-order valence-corrected chi connectivity index (χ2v) is 9.90. The molecule has 0 radical (unpaired) electrons. The number of benzene rings is 1. The van der Waals surface area contributed by atoms with Gasteiger partial charge in [0.25, 0.3) is 5.91 Å². The molecule has 6 rings (SSSR count). The number of ether oxygens (including phenoxy) is 1. The molecule has 3 saturated heterocycles. The number of anilines is 1. The Balaban J connectivity index is 1.32. The van der Waals surface area contributed by atoms with E-state index in [4.69, 9.17) is 4.74 Å². The van der Waals surface area contributed by atoms with Crippen molar-refractivity contribution in [3.05, 3.63) is 76.7 Å². The van der Waals surface area contributed by atoms with Crippen molar-refractivity contribution in [2.24, 2.45) is 5.92 Å². The Morgan fingerprint density at radius 3 is 2.50 bits per heavy atom. The summed E-state index contributed by atoms with van der Waals surface area (Å²) in [7, 11) is 0. The minimum absolute atomic E-state index is 0.157. The molecule has 176 valence electrons. The van der Waals surface area contributed by atoms with Crippen LogP contribution in [-0.2, 0) is 19.9 Å². The number of carbonyl (C=O) groups is 2. The number of fused-ring (bicyclic) bond motifs is 3. The Morgan fingerprint density at radius 2 is 1.82 bits per heavy atom. The van der Waals surface area contributed by atoms with Crippen LogP contribution in [0.4, 0.5) is 5.95 Å². The third-order valence-electron chi connectivity index (χ3n) is 7.02. The molecule has 1 aromatic carbocycles. The maximum Gasteiger partial charge on any atom is 0.348 e. The van der Waals surface area contributed by atoms with Gasteiger partial charge < -0.3 is 14.3 Å². The van der Waals surface area contributed by atoms with E-state index >= 15 is 0 Å². The van der Waals surface area contributed by atoms with Crippen LogP contribution in [0.25, 0.3) is 0 Å². The number of carbonyl (C=O) groups excluding carboxylic acids is 2. The van der Waals surface area contributed by atoms with E-state index in [0.29, 0.717) is 22.2 Å². The molecule has 0 aliphatic carbocycles. The van der Waals surface area contributed by atoms with Gasteiger partial charge in [0.15, 0.2) is 12.6 Å². The van der Waals surface area contributed by atoms with Crippen LogP contribution >= 0.6 is 11.3 Å². The van der Waals surface area contributed by atoms with Crippen LogP contribution < -0.4 is 5.32 Å². The summed E-state index contributed by atoms with van der Waals surface area (Å²) in [4.78, 5) is 34.4. The van der Waals surface area contributed by atoms with E-state index in [1.165, 1.54) is 11.3 Å². The second-order valence-electron chi connectivity index (χ2n) is 9.12. The number of esters is 1. The third kappa shape index (κ3) is 4.34. The predicted molar refractivity (Wildman–Crippen MR) is 127 cm³/mol. The first-order valence-corrected chi connectivity index (χ1v) is 12.4. The molecule has 0 spiro atoms. The summed E-state index contributed by atoms with van der Waals surface area (Å²) in [6.45, 7) is 2.53. The molecular formula is C25H27N4O4S+. The Kier molecular flexibility index (Phi) is 6.16. The average molecular weight is 480 g/mol. The summed E-state index contributed by atoms with van der Waals surface area (Å²) in [5, 5.41) is 18.0. The second kappa shape index (κ2) is 9.25. The van der Waals surface area contributed by atoms with Crippen LogP contribution in [0.5, 0.6) is 0 Å². The number of thiophene rings is 1. The van der Waals surface area contributed by atoms with Gasteiger partial charge in [0.05, 0.1) is 13.1 Å². The number of aromatic nitrogens is 2. The monoisotopic (exact) mass is 479 g/mol. The number of nitrogens with one attached hydrogen (secondary N) is 1. The number of hydrogen-bond acceptors (Lipinski definition) is 7. The summed E-state index contributed by atoms with van der Waals surface area (Å²) in [5.41, 5.74) is -0.896. The van der Waals surface area contributed by atoms with Gasteiger partial charge in [0.2, 0.25) is 11.5 Å². The minimum atomic E-state index is -1.87. The van der Waals surface area contributed by atoms with Gasteiger partial charge in [-0.1, -0.05) is 30.3 Å². The van der Waals surface area contributed by atoms with Gasteiger partial charge >= 0.3 is 5.97 Å². The van der Waals surface area contributed by atoms with Crippen LogP contribution in [0, 0.1) is 5.92 Å². The molecule has 2 bridgehead atoms. The summed E-state index contributed by atoms with van der Waals surface area (Å²) >= 11 is 1.42. The van der Waals surface area contributed by atoms with Gasteiger partial charge in [-0.15, -0.1) is 0 Å². The van der Waals surface area contributed by atoms with E-state index in [1.54, 1.807) is 54.2 Å². The maximum absolute atomic E-state index is 13.5. The zero-order valence-electron chi connectivity index (χ0n) is 18.7. The van der Waals surface area contributed by atoms with Crippen LogP contribution in [0.3, 0.4) is 0 Å². The summed E-state index contributed by atoms with van der Waals surface area (Å²) in [5.74, 6) is -0.317. The molecule has 5 heterocycles. The third-order valence-corrected chi connectivity index (χ3v) is 7.71. The van der Waals surface area contributed by atoms with Gasteiger partial charge in [-0.3, -0.25) is 10.1 Å². The van der Waals surface area contributed by atoms with Gasteiger partial charge in [0.1, 0.15) is 6.54 Å². The molecule has 34 heavy (non-hydrogen) atoms. The molecule has 3 aromatic rings. The Bertz CT molecular complexity index is 1130. The number of rotatable bonds is 7. The standard InChI is InChI=1S/C25H26N4O4S/c30-22(28-24-26-10-4-11-27-24)16-29-12-7-18(8-13-29)21(15-29)33-23(31)25(32,20-9-14-34-17-20)19-5-2-1-3-6-19/h1-6,9-11,14,17-18,21,32H,7-8,12-13,15-16H2/p+1/t18?,21-,25?,29?/m0/s1. The molecule has 8 nitrogen and oxygen atoms in total. The lowest BCUT2D eigenvalue weighted by Crippen LogP contribution is -2.66. The topological polar surface area (TPSA) is 101 Å². The van der Waals surface area contributed by atoms with Crippen molar-refractivity contribution in [2.75, 3.05) is 31.5 Å². The first-order chi connectivity index (χ1) is 16.5. The molecule has 0 saturated carbocycles. The molecule has 9 heteroatoms. The average Bonchev–Trinajstić information content (AvgIpc) is 3.40. The van der Waals surface area contributed by atoms with E-state index < -0.39 is 11.6 Å². The first kappa shape index (κ1) is 22.6. The highest BCUT2D eigenvalue weighted by molar-refractivity contribution is 7.08. The molecule has 2 atom stereocenters. The molecule has 3 fully saturated rings. The highest BCUT2D eigenvalue weighted by Crippen LogP contribution is 2.38. The Hall–Kier alpha value is -3.14. The lowest BCUT2D eigenvalue weighted by Gasteiger charge is -2.51. The van der Waals surface area contributed by atoms with Crippen LogP contribution in [0.1, 0.15) is 24.0 Å². The highest BCUT2D eigenvalue weighted by atomic mass is 32.1. The summed E-state index contributed by atoms with van der Waals surface area (Å²) in [6, 6.07) is 12.3. The molecule has 1 amide bonds. The fourth-order valence-corrected chi connectivity index (χ4v) is 5.88. The molecule has 3 aliphatic heterocycles. The molecule has 2 N–H and O–H groups in total. The minimum Gasteiger partial charge on any atom is -0.453 e. The fraction of sp³-hybridized carbons (Fsp3) is 0.360. The van der Waals surface area contributed by atoms with Crippen molar-refractivity contribution >= 4 is 29.2 Å². The largest absolute Gasteiger partial charge is 0.453 e. The lowest BCUT2D eigenvalue weighted by atomic mass is 9.82. The summed E-state index contributed by atoms with van der Waals surface area (Å²) < 4.78 is 6.59. The highest BCUT2D eigenvalue weighted by Gasteiger charge is 2.51. The van der Waals surface area contributed by atoms with Gasteiger partial charge in [0, 0.05) is 36.7 Å². The molecule has 1 unspecified atom stereocenters. The van der Waals surface area contributed by atoms with Gasteiger partial charge in [-0.25, -0.2) is 14.8 Å². The lowest BCUT2D eigenvalue weighted by molar-refractivity contribution is -0.939. The Labute approximate surface area is 201 Å². The van der Waals surface area contributed by atoms with Crippen LogP contribution in [0.2, 0.25) is 0 Å². The number of hydrogen-bond donors (Lipinski definition) is 2. The molecule has 2 aromatic heterocycles.